The summed E-state index contributed by atoms with van der Waals surface area (Å²) in [6, 6.07) is 0. The molecule has 0 spiro atoms. The standard InChI is InChI=1S/C7H11N3O2/c1-5-4-9-7(12)10(3-2-8)6(5)11/h4H,2-3,8H2,1H3,(H,9,12). The number of aromatic amines is 1. The van der Waals surface area contributed by atoms with Gasteiger partial charge in [0.15, 0.2) is 0 Å². The van der Waals surface area contributed by atoms with Gasteiger partial charge in [-0.1, -0.05) is 0 Å². The van der Waals surface area contributed by atoms with E-state index in [9.17, 15) is 9.59 Å². The molecule has 0 unspecified atom stereocenters. The quantitative estimate of drug-likeness (QED) is 0.583. The number of nitrogens with zero attached hydrogens (tertiary/aromatic N) is 1. The molecule has 1 rings (SSSR count). The van der Waals surface area contributed by atoms with Gasteiger partial charge in [-0.15, -0.1) is 0 Å². The lowest BCUT2D eigenvalue weighted by atomic mass is 10.4. The van der Waals surface area contributed by atoms with Crippen LogP contribution < -0.4 is 17.0 Å². The van der Waals surface area contributed by atoms with Crippen molar-refractivity contribution in [2.45, 2.75) is 13.5 Å². The summed E-state index contributed by atoms with van der Waals surface area (Å²) in [6.07, 6.45) is 1.40. The summed E-state index contributed by atoms with van der Waals surface area (Å²) in [5, 5.41) is 0. The van der Waals surface area contributed by atoms with Gasteiger partial charge in [0.05, 0.1) is 0 Å². The molecule has 12 heavy (non-hydrogen) atoms. The molecular weight excluding hydrogens is 158 g/mol. The molecule has 3 N–H and O–H groups in total. The van der Waals surface area contributed by atoms with Gasteiger partial charge in [-0.25, -0.2) is 4.79 Å². The molecule has 0 radical (unpaired) electrons. The van der Waals surface area contributed by atoms with Crippen LogP contribution in [-0.2, 0) is 6.54 Å². The highest BCUT2D eigenvalue weighted by molar-refractivity contribution is 5.00. The molecule has 0 aliphatic rings. The number of aromatic nitrogens is 2. The van der Waals surface area contributed by atoms with Gasteiger partial charge in [-0.05, 0) is 6.92 Å². The second-order valence-corrected chi connectivity index (χ2v) is 2.52. The molecule has 0 saturated carbocycles. The van der Waals surface area contributed by atoms with Crippen molar-refractivity contribution in [3.8, 4) is 0 Å². The van der Waals surface area contributed by atoms with Crippen molar-refractivity contribution in [2.75, 3.05) is 6.54 Å². The van der Waals surface area contributed by atoms with Crippen LogP contribution >= 0.6 is 0 Å². The number of H-pyrrole nitrogens is 1. The van der Waals surface area contributed by atoms with E-state index in [1.54, 1.807) is 6.92 Å². The summed E-state index contributed by atoms with van der Waals surface area (Å²) < 4.78 is 1.09. The zero-order chi connectivity index (χ0) is 9.14. The zero-order valence-corrected chi connectivity index (χ0v) is 6.83. The molecular formula is C7H11N3O2. The molecule has 5 nitrogen and oxygen atoms in total. The van der Waals surface area contributed by atoms with Crippen LogP contribution in [0.15, 0.2) is 15.8 Å². The van der Waals surface area contributed by atoms with Gasteiger partial charge in [0.2, 0.25) is 0 Å². The summed E-state index contributed by atoms with van der Waals surface area (Å²) in [7, 11) is 0. The van der Waals surface area contributed by atoms with Gasteiger partial charge in [0.1, 0.15) is 0 Å². The molecule has 0 saturated heterocycles. The van der Waals surface area contributed by atoms with E-state index in [-0.39, 0.29) is 18.6 Å². The Hall–Kier alpha value is -1.36. The second-order valence-electron chi connectivity index (χ2n) is 2.52. The van der Waals surface area contributed by atoms with E-state index >= 15 is 0 Å². The molecule has 0 aromatic carbocycles. The number of nitrogens with one attached hydrogen (secondary N) is 1. The average molecular weight is 169 g/mol. The van der Waals surface area contributed by atoms with E-state index < -0.39 is 5.69 Å². The Labute approximate surface area is 68.8 Å². The average Bonchev–Trinajstić information content (AvgIpc) is 2.06. The third-order valence-corrected chi connectivity index (χ3v) is 1.59. The first-order valence-corrected chi connectivity index (χ1v) is 3.66. The maximum Gasteiger partial charge on any atom is 0.328 e. The molecule has 0 amide bonds. The van der Waals surface area contributed by atoms with Crippen LogP contribution in [0.5, 0.6) is 0 Å². The first-order chi connectivity index (χ1) is 5.66. The Bertz CT molecular complexity index is 377. The van der Waals surface area contributed by atoms with Gasteiger partial charge in [-0.2, -0.15) is 0 Å². The largest absolute Gasteiger partial charge is 0.329 e. The fraction of sp³-hybridized carbons (Fsp3) is 0.429. The van der Waals surface area contributed by atoms with Crippen LogP contribution in [0.1, 0.15) is 5.56 Å². The van der Waals surface area contributed by atoms with Crippen molar-refractivity contribution >= 4 is 0 Å². The van der Waals surface area contributed by atoms with Gasteiger partial charge in [-0.3, -0.25) is 9.36 Å². The predicted molar refractivity (Wildman–Crippen MR) is 45.1 cm³/mol. The summed E-state index contributed by atoms with van der Waals surface area (Å²) >= 11 is 0. The van der Waals surface area contributed by atoms with E-state index in [1.807, 2.05) is 0 Å². The van der Waals surface area contributed by atoms with Crippen molar-refractivity contribution in [1.29, 1.82) is 0 Å². The van der Waals surface area contributed by atoms with E-state index in [0.29, 0.717) is 5.56 Å². The Kier molecular flexibility index (Phi) is 2.44. The van der Waals surface area contributed by atoms with Gasteiger partial charge < -0.3 is 10.7 Å². The number of hydrogen-bond acceptors (Lipinski definition) is 3. The second kappa shape index (κ2) is 3.36. The Morgan fingerprint density at radius 1 is 1.58 bits per heavy atom. The predicted octanol–water partition coefficient (Wildman–Crippen LogP) is -1.20. The van der Waals surface area contributed by atoms with Crippen molar-refractivity contribution in [2.24, 2.45) is 5.73 Å². The lowest BCUT2D eigenvalue weighted by molar-refractivity contribution is 0.632. The molecule has 0 aliphatic carbocycles. The third kappa shape index (κ3) is 1.45. The van der Waals surface area contributed by atoms with Gasteiger partial charge >= 0.3 is 5.69 Å². The van der Waals surface area contributed by atoms with Crippen LogP contribution in [-0.4, -0.2) is 16.1 Å². The number of hydrogen-bond donors (Lipinski definition) is 2. The highest BCUT2D eigenvalue weighted by Crippen LogP contribution is 1.78. The maximum atomic E-state index is 11.3. The molecule has 1 heterocycles. The fourth-order valence-corrected chi connectivity index (χ4v) is 0.947. The van der Waals surface area contributed by atoms with Crippen molar-refractivity contribution in [3.63, 3.8) is 0 Å². The maximum absolute atomic E-state index is 11.3. The molecule has 5 heteroatoms. The minimum atomic E-state index is -0.406. The van der Waals surface area contributed by atoms with E-state index in [1.165, 1.54) is 6.20 Å². The molecule has 1 aromatic heterocycles. The van der Waals surface area contributed by atoms with Gasteiger partial charge in [0, 0.05) is 24.8 Å². The Morgan fingerprint density at radius 3 is 2.83 bits per heavy atom. The molecule has 66 valence electrons. The first kappa shape index (κ1) is 8.73. The fourth-order valence-electron chi connectivity index (χ4n) is 0.947. The minimum absolute atomic E-state index is 0.260. The third-order valence-electron chi connectivity index (χ3n) is 1.59. The monoisotopic (exact) mass is 169 g/mol. The lowest BCUT2D eigenvalue weighted by Gasteiger charge is -2.01. The lowest BCUT2D eigenvalue weighted by Crippen LogP contribution is -2.37. The topological polar surface area (TPSA) is 80.9 Å². The summed E-state index contributed by atoms with van der Waals surface area (Å²) in [6.45, 7) is 2.19. The molecule has 0 bridgehead atoms. The molecule has 0 fully saturated rings. The normalized spacial score (nSPS) is 10.2. The molecule has 1 aromatic rings. The number of aryl methyl sites for hydroxylation is 1. The van der Waals surface area contributed by atoms with Gasteiger partial charge in [0.25, 0.3) is 5.56 Å². The zero-order valence-electron chi connectivity index (χ0n) is 6.83. The highest BCUT2D eigenvalue weighted by Gasteiger charge is 2.01. The van der Waals surface area contributed by atoms with E-state index in [4.69, 9.17) is 5.73 Å². The van der Waals surface area contributed by atoms with Crippen LogP contribution in [0.25, 0.3) is 0 Å². The Morgan fingerprint density at radius 2 is 2.25 bits per heavy atom. The van der Waals surface area contributed by atoms with Crippen LogP contribution in [0.4, 0.5) is 0 Å². The number of nitrogens with two attached hydrogens (primary N) is 1. The van der Waals surface area contributed by atoms with E-state index in [2.05, 4.69) is 4.98 Å². The summed E-state index contributed by atoms with van der Waals surface area (Å²) in [5.41, 5.74) is 5.07. The smallest absolute Gasteiger partial charge is 0.328 e. The van der Waals surface area contributed by atoms with Crippen LogP contribution in [0.2, 0.25) is 0 Å². The molecule has 0 aliphatic heterocycles. The highest BCUT2D eigenvalue weighted by atomic mass is 16.2. The Balaban J connectivity index is 3.34. The molecule has 0 atom stereocenters. The van der Waals surface area contributed by atoms with E-state index in [0.717, 1.165) is 4.57 Å². The van der Waals surface area contributed by atoms with Crippen molar-refractivity contribution in [1.82, 2.24) is 9.55 Å². The van der Waals surface area contributed by atoms with Crippen molar-refractivity contribution in [3.05, 3.63) is 32.6 Å². The minimum Gasteiger partial charge on any atom is -0.329 e. The first-order valence-electron chi connectivity index (χ1n) is 3.66. The van der Waals surface area contributed by atoms with Crippen LogP contribution in [0.3, 0.4) is 0 Å². The number of rotatable bonds is 2. The van der Waals surface area contributed by atoms with Crippen LogP contribution in [0, 0.1) is 6.92 Å². The summed E-state index contributed by atoms with van der Waals surface area (Å²) in [4.78, 5) is 24.7. The summed E-state index contributed by atoms with van der Waals surface area (Å²) in [5.74, 6) is 0. The van der Waals surface area contributed by atoms with Crippen molar-refractivity contribution < 1.29 is 0 Å². The SMILES string of the molecule is Cc1c[nH]c(=O)n(CCN)c1=O.